The third kappa shape index (κ3) is 3.42. The number of carbonyl (C=O) groups is 1. The summed E-state index contributed by atoms with van der Waals surface area (Å²) in [7, 11) is 0. The Morgan fingerprint density at radius 2 is 1.88 bits per heavy atom. The van der Waals surface area contributed by atoms with Crippen molar-refractivity contribution in [1.29, 1.82) is 0 Å². The van der Waals surface area contributed by atoms with Gasteiger partial charge in [-0.05, 0) is 25.2 Å². The van der Waals surface area contributed by atoms with E-state index in [9.17, 15) is 9.18 Å². The van der Waals surface area contributed by atoms with E-state index in [2.05, 4.69) is 18.7 Å². The van der Waals surface area contributed by atoms with E-state index in [-0.39, 0.29) is 11.3 Å². The summed E-state index contributed by atoms with van der Waals surface area (Å²) < 4.78 is 13.3. The second-order valence-corrected chi connectivity index (χ2v) is 3.68. The highest BCUT2D eigenvalue weighted by Gasteiger charge is 2.11. The van der Waals surface area contributed by atoms with E-state index in [0.29, 0.717) is 13.0 Å². The van der Waals surface area contributed by atoms with E-state index in [1.165, 1.54) is 6.07 Å². The second-order valence-electron chi connectivity index (χ2n) is 3.68. The molecular weight excluding hydrogens is 205 g/mol. The summed E-state index contributed by atoms with van der Waals surface area (Å²) in [4.78, 5) is 13.9. The molecule has 1 aromatic carbocycles. The smallest absolute Gasteiger partial charge is 0.167 e. The minimum atomic E-state index is -0.424. The monoisotopic (exact) mass is 223 g/mol. The average Bonchev–Trinajstić information content (AvgIpc) is 2.30. The summed E-state index contributed by atoms with van der Waals surface area (Å²) in [5.74, 6) is -0.544. The summed E-state index contributed by atoms with van der Waals surface area (Å²) in [6.45, 7) is 6.64. The fourth-order valence-electron chi connectivity index (χ4n) is 1.62. The van der Waals surface area contributed by atoms with Crippen LogP contribution in [0.25, 0.3) is 0 Å². The molecule has 1 rings (SSSR count). The van der Waals surface area contributed by atoms with Gasteiger partial charge in [-0.15, -0.1) is 0 Å². The van der Waals surface area contributed by atoms with Gasteiger partial charge >= 0.3 is 0 Å². The average molecular weight is 223 g/mol. The number of nitrogens with zero attached hydrogens (tertiary/aromatic N) is 1. The molecule has 88 valence electrons. The van der Waals surface area contributed by atoms with E-state index >= 15 is 0 Å². The van der Waals surface area contributed by atoms with Crippen molar-refractivity contribution in [2.24, 2.45) is 0 Å². The number of hydrogen-bond acceptors (Lipinski definition) is 2. The third-order valence-electron chi connectivity index (χ3n) is 2.72. The topological polar surface area (TPSA) is 20.3 Å². The van der Waals surface area contributed by atoms with Crippen molar-refractivity contribution in [3.8, 4) is 0 Å². The van der Waals surface area contributed by atoms with Crippen LogP contribution < -0.4 is 0 Å². The van der Waals surface area contributed by atoms with Gasteiger partial charge in [0.25, 0.3) is 0 Å². The number of rotatable bonds is 6. The lowest BCUT2D eigenvalue weighted by Crippen LogP contribution is -2.25. The van der Waals surface area contributed by atoms with Crippen LogP contribution in [0.1, 0.15) is 30.6 Å². The molecule has 0 bridgehead atoms. The molecule has 0 spiro atoms. The maximum absolute atomic E-state index is 13.3. The van der Waals surface area contributed by atoms with Gasteiger partial charge in [-0.25, -0.2) is 4.39 Å². The number of benzene rings is 1. The molecule has 0 aliphatic rings. The van der Waals surface area contributed by atoms with Gasteiger partial charge in [-0.3, -0.25) is 4.79 Å². The number of halogens is 1. The predicted molar refractivity (Wildman–Crippen MR) is 63.1 cm³/mol. The lowest BCUT2D eigenvalue weighted by atomic mass is 10.1. The first-order valence-electron chi connectivity index (χ1n) is 5.69. The van der Waals surface area contributed by atoms with Crippen molar-refractivity contribution in [2.45, 2.75) is 20.3 Å². The van der Waals surface area contributed by atoms with E-state index < -0.39 is 5.82 Å². The van der Waals surface area contributed by atoms with Crippen LogP contribution in [0.2, 0.25) is 0 Å². The lowest BCUT2D eigenvalue weighted by Gasteiger charge is -2.17. The van der Waals surface area contributed by atoms with Gasteiger partial charge in [-0.2, -0.15) is 0 Å². The fraction of sp³-hybridized carbons (Fsp3) is 0.462. The van der Waals surface area contributed by atoms with Crippen molar-refractivity contribution in [3.63, 3.8) is 0 Å². The summed E-state index contributed by atoms with van der Waals surface area (Å²) in [5, 5.41) is 0. The first kappa shape index (κ1) is 12.8. The molecule has 0 heterocycles. The van der Waals surface area contributed by atoms with Gasteiger partial charge < -0.3 is 4.90 Å². The molecule has 0 aromatic heterocycles. The molecule has 0 saturated carbocycles. The number of hydrogen-bond donors (Lipinski definition) is 0. The zero-order chi connectivity index (χ0) is 12.0. The van der Waals surface area contributed by atoms with Gasteiger partial charge in [-0.1, -0.05) is 26.0 Å². The molecule has 0 fully saturated rings. The van der Waals surface area contributed by atoms with Crippen molar-refractivity contribution in [1.82, 2.24) is 4.90 Å². The molecule has 0 aliphatic heterocycles. The molecule has 0 N–H and O–H groups in total. The summed E-state index contributed by atoms with van der Waals surface area (Å²) >= 11 is 0. The van der Waals surface area contributed by atoms with Crippen LogP contribution in [-0.2, 0) is 0 Å². The zero-order valence-electron chi connectivity index (χ0n) is 9.87. The number of ketones is 1. The minimum Gasteiger partial charge on any atom is -0.303 e. The molecule has 2 nitrogen and oxygen atoms in total. The SMILES string of the molecule is CCN(CC)CCC(=O)c1ccccc1F. The van der Waals surface area contributed by atoms with E-state index in [0.717, 1.165) is 13.1 Å². The van der Waals surface area contributed by atoms with Crippen LogP contribution in [0.3, 0.4) is 0 Å². The second kappa shape index (κ2) is 6.38. The van der Waals surface area contributed by atoms with E-state index in [1.54, 1.807) is 18.2 Å². The van der Waals surface area contributed by atoms with E-state index in [4.69, 9.17) is 0 Å². The standard InChI is InChI=1S/C13H18FNO/c1-3-15(4-2)10-9-13(16)11-7-5-6-8-12(11)14/h5-8H,3-4,9-10H2,1-2H3. The Labute approximate surface area is 96.1 Å². The molecule has 0 amide bonds. The number of carbonyl (C=O) groups excluding carboxylic acids is 1. The quantitative estimate of drug-likeness (QED) is 0.691. The van der Waals surface area contributed by atoms with Gasteiger partial charge in [0.05, 0.1) is 5.56 Å². The van der Waals surface area contributed by atoms with Crippen molar-refractivity contribution >= 4 is 5.78 Å². The van der Waals surface area contributed by atoms with Crippen molar-refractivity contribution in [2.75, 3.05) is 19.6 Å². The zero-order valence-corrected chi connectivity index (χ0v) is 9.87. The Morgan fingerprint density at radius 3 is 2.44 bits per heavy atom. The highest BCUT2D eigenvalue weighted by molar-refractivity contribution is 5.96. The molecular formula is C13H18FNO. The van der Waals surface area contributed by atoms with Gasteiger partial charge in [0.2, 0.25) is 0 Å². The molecule has 0 unspecified atom stereocenters. The molecule has 0 radical (unpaired) electrons. The minimum absolute atomic E-state index is 0.120. The molecule has 1 aromatic rings. The van der Waals surface area contributed by atoms with Crippen molar-refractivity contribution < 1.29 is 9.18 Å². The van der Waals surface area contributed by atoms with Crippen LogP contribution in [0, 0.1) is 5.82 Å². The van der Waals surface area contributed by atoms with Gasteiger partial charge in [0.1, 0.15) is 5.82 Å². The van der Waals surface area contributed by atoms with Crippen molar-refractivity contribution in [3.05, 3.63) is 35.6 Å². The molecule has 16 heavy (non-hydrogen) atoms. The van der Waals surface area contributed by atoms with Crippen LogP contribution >= 0.6 is 0 Å². The Balaban J connectivity index is 2.56. The molecule has 0 saturated heterocycles. The Hall–Kier alpha value is -1.22. The first-order valence-corrected chi connectivity index (χ1v) is 5.69. The Morgan fingerprint density at radius 1 is 1.25 bits per heavy atom. The third-order valence-corrected chi connectivity index (χ3v) is 2.72. The highest BCUT2D eigenvalue weighted by Crippen LogP contribution is 2.09. The normalized spacial score (nSPS) is 10.8. The predicted octanol–water partition coefficient (Wildman–Crippen LogP) is 2.74. The molecule has 0 aliphatic carbocycles. The lowest BCUT2D eigenvalue weighted by molar-refractivity contribution is 0.0962. The molecule has 0 atom stereocenters. The highest BCUT2D eigenvalue weighted by atomic mass is 19.1. The van der Waals surface area contributed by atoms with E-state index in [1.807, 2.05) is 0 Å². The van der Waals surface area contributed by atoms with Crippen LogP contribution in [0.4, 0.5) is 4.39 Å². The first-order chi connectivity index (χ1) is 7.69. The maximum atomic E-state index is 13.3. The van der Waals surface area contributed by atoms with Crippen LogP contribution in [0.5, 0.6) is 0 Å². The summed E-state index contributed by atoms with van der Waals surface area (Å²) in [5.41, 5.74) is 0.203. The summed E-state index contributed by atoms with van der Waals surface area (Å²) in [6.07, 6.45) is 0.378. The largest absolute Gasteiger partial charge is 0.303 e. The molecule has 3 heteroatoms. The maximum Gasteiger partial charge on any atom is 0.167 e. The van der Waals surface area contributed by atoms with Crippen LogP contribution in [-0.4, -0.2) is 30.3 Å². The van der Waals surface area contributed by atoms with Gasteiger partial charge in [0, 0.05) is 13.0 Å². The Kier molecular flexibility index (Phi) is 5.12. The van der Waals surface area contributed by atoms with Crippen LogP contribution in [0.15, 0.2) is 24.3 Å². The fourth-order valence-corrected chi connectivity index (χ4v) is 1.62. The number of Topliss-reactive ketones (excluding diaryl/α,β-unsaturated/α-hetero) is 1. The van der Waals surface area contributed by atoms with Gasteiger partial charge in [0.15, 0.2) is 5.78 Å². The summed E-state index contributed by atoms with van der Waals surface area (Å²) in [6, 6.07) is 6.15. The Bertz CT molecular complexity index is 348.